The van der Waals surface area contributed by atoms with Crippen LogP contribution in [0.15, 0.2) is 24.3 Å². The standard InChI is InChI=1S/C9H9FO2/c10-8-3-1-7(2-4-8)5-9(12)6-11/h1-4,6,9,12H,5H2. The summed E-state index contributed by atoms with van der Waals surface area (Å²) >= 11 is 0. The molecule has 1 aromatic rings. The molecule has 1 unspecified atom stereocenters. The van der Waals surface area contributed by atoms with Gasteiger partial charge in [0.25, 0.3) is 0 Å². The number of carbonyl (C=O) groups excluding carboxylic acids is 1. The highest BCUT2D eigenvalue weighted by Crippen LogP contribution is 2.04. The van der Waals surface area contributed by atoms with E-state index >= 15 is 0 Å². The maximum atomic E-state index is 12.4. The van der Waals surface area contributed by atoms with Crippen LogP contribution in [0.2, 0.25) is 0 Å². The second-order valence-electron chi connectivity index (χ2n) is 2.53. The van der Waals surface area contributed by atoms with Crippen LogP contribution in [0, 0.1) is 5.82 Å². The summed E-state index contributed by atoms with van der Waals surface area (Å²) in [4.78, 5) is 10.1. The fraction of sp³-hybridized carbons (Fsp3) is 0.222. The molecule has 0 aromatic heterocycles. The predicted octanol–water partition coefficient (Wildman–Crippen LogP) is 0.928. The Bertz CT molecular complexity index is 256. The van der Waals surface area contributed by atoms with Gasteiger partial charge in [0.2, 0.25) is 0 Å². The number of halogens is 1. The summed E-state index contributed by atoms with van der Waals surface area (Å²) in [7, 11) is 0. The maximum Gasteiger partial charge on any atom is 0.148 e. The van der Waals surface area contributed by atoms with E-state index in [0.29, 0.717) is 6.29 Å². The van der Waals surface area contributed by atoms with Gasteiger partial charge >= 0.3 is 0 Å². The molecule has 0 amide bonds. The van der Waals surface area contributed by atoms with Crippen molar-refractivity contribution in [3.05, 3.63) is 35.6 Å². The molecule has 2 nitrogen and oxygen atoms in total. The molecule has 0 heterocycles. The first-order chi connectivity index (χ1) is 5.72. The minimum atomic E-state index is -0.990. The van der Waals surface area contributed by atoms with Crippen molar-refractivity contribution in [1.82, 2.24) is 0 Å². The average Bonchev–Trinajstić information content (AvgIpc) is 2.09. The smallest absolute Gasteiger partial charge is 0.148 e. The van der Waals surface area contributed by atoms with Gasteiger partial charge in [0, 0.05) is 6.42 Å². The number of hydrogen-bond donors (Lipinski definition) is 1. The third-order valence-electron chi connectivity index (χ3n) is 1.52. The Hall–Kier alpha value is -1.22. The van der Waals surface area contributed by atoms with E-state index in [-0.39, 0.29) is 12.2 Å². The van der Waals surface area contributed by atoms with Crippen molar-refractivity contribution in [3.63, 3.8) is 0 Å². The topological polar surface area (TPSA) is 37.3 Å². The third-order valence-corrected chi connectivity index (χ3v) is 1.52. The zero-order chi connectivity index (χ0) is 8.97. The summed E-state index contributed by atoms with van der Waals surface area (Å²) in [5.74, 6) is -0.320. The lowest BCUT2D eigenvalue weighted by atomic mass is 10.1. The van der Waals surface area contributed by atoms with Crippen molar-refractivity contribution in [2.45, 2.75) is 12.5 Å². The Labute approximate surface area is 69.6 Å². The number of aliphatic hydroxyl groups is 1. The Morgan fingerprint density at radius 2 is 2.00 bits per heavy atom. The molecule has 0 aliphatic heterocycles. The van der Waals surface area contributed by atoms with Gasteiger partial charge in [0.05, 0.1) is 0 Å². The van der Waals surface area contributed by atoms with Crippen molar-refractivity contribution < 1.29 is 14.3 Å². The summed E-state index contributed by atoms with van der Waals surface area (Å²) in [6.45, 7) is 0. The van der Waals surface area contributed by atoms with Gasteiger partial charge in [-0.3, -0.25) is 0 Å². The van der Waals surface area contributed by atoms with E-state index in [2.05, 4.69) is 0 Å². The molecule has 0 saturated carbocycles. The van der Waals surface area contributed by atoms with E-state index < -0.39 is 6.10 Å². The predicted molar refractivity (Wildman–Crippen MR) is 42.2 cm³/mol. The second kappa shape index (κ2) is 3.97. The van der Waals surface area contributed by atoms with Crippen molar-refractivity contribution in [2.24, 2.45) is 0 Å². The molecule has 0 spiro atoms. The van der Waals surface area contributed by atoms with E-state index in [1.807, 2.05) is 0 Å². The fourth-order valence-corrected chi connectivity index (χ4v) is 0.910. The van der Waals surface area contributed by atoms with Gasteiger partial charge in [0.1, 0.15) is 18.2 Å². The number of rotatable bonds is 3. The monoisotopic (exact) mass is 168 g/mol. The lowest BCUT2D eigenvalue weighted by molar-refractivity contribution is -0.114. The molecular formula is C9H9FO2. The Balaban J connectivity index is 2.64. The highest BCUT2D eigenvalue weighted by atomic mass is 19.1. The lowest BCUT2D eigenvalue weighted by Gasteiger charge is -2.01. The molecule has 0 bridgehead atoms. The molecule has 1 aromatic carbocycles. The van der Waals surface area contributed by atoms with Crippen LogP contribution in [0.25, 0.3) is 0 Å². The molecule has 0 fully saturated rings. The van der Waals surface area contributed by atoms with Gasteiger partial charge < -0.3 is 9.90 Å². The van der Waals surface area contributed by atoms with E-state index in [1.54, 1.807) is 12.1 Å². The molecule has 64 valence electrons. The van der Waals surface area contributed by atoms with Gasteiger partial charge in [-0.2, -0.15) is 0 Å². The second-order valence-corrected chi connectivity index (χ2v) is 2.53. The van der Waals surface area contributed by atoms with E-state index in [0.717, 1.165) is 5.56 Å². The Kier molecular flexibility index (Phi) is 2.94. The molecule has 0 saturated heterocycles. The number of benzene rings is 1. The normalized spacial score (nSPS) is 12.5. The fourth-order valence-electron chi connectivity index (χ4n) is 0.910. The first-order valence-electron chi connectivity index (χ1n) is 3.60. The molecule has 0 aliphatic rings. The molecule has 0 aliphatic carbocycles. The SMILES string of the molecule is O=CC(O)Cc1ccc(F)cc1. The van der Waals surface area contributed by atoms with Gasteiger partial charge in [-0.15, -0.1) is 0 Å². The zero-order valence-corrected chi connectivity index (χ0v) is 6.40. The minimum Gasteiger partial charge on any atom is -0.385 e. The van der Waals surface area contributed by atoms with Gasteiger partial charge in [0.15, 0.2) is 0 Å². The van der Waals surface area contributed by atoms with Crippen LogP contribution in [0.3, 0.4) is 0 Å². The first-order valence-corrected chi connectivity index (χ1v) is 3.60. The summed E-state index contributed by atoms with van der Waals surface area (Å²) in [6, 6.07) is 5.68. The van der Waals surface area contributed by atoms with Crippen molar-refractivity contribution in [1.29, 1.82) is 0 Å². The van der Waals surface area contributed by atoms with Crippen molar-refractivity contribution in [3.8, 4) is 0 Å². The Morgan fingerprint density at radius 1 is 1.42 bits per heavy atom. The molecule has 3 heteroatoms. The van der Waals surface area contributed by atoms with Crippen LogP contribution in [-0.4, -0.2) is 17.5 Å². The highest BCUT2D eigenvalue weighted by Gasteiger charge is 2.02. The largest absolute Gasteiger partial charge is 0.385 e. The van der Waals surface area contributed by atoms with Crippen LogP contribution >= 0.6 is 0 Å². The van der Waals surface area contributed by atoms with Crippen molar-refractivity contribution in [2.75, 3.05) is 0 Å². The van der Waals surface area contributed by atoms with Gasteiger partial charge in [-0.05, 0) is 17.7 Å². The van der Waals surface area contributed by atoms with E-state index in [1.165, 1.54) is 12.1 Å². The molecular weight excluding hydrogens is 159 g/mol. The summed E-state index contributed by atoms with van der Waals surface area (Å²) < 4.78 is 12.4. The quantitative estimate of drug-likeness (QED) is 0.681. The first kappa shape index (κ1) is 8.87. The zero-order valence-electron chi connectivity index (χ0n) is 6.40. The lowest BCUT2D eigenvalue weighted by Crippen LogP contribution is -2.11. The average molecular weight is 168 g/mol. The van der Waals surface area contributed by atoms with Crippen LogP contribution in [0.4, 0.5) is 4.39 Å². The van der Waals surface area contributed by atoms with Crippen LogP contribution in [0.1, 0.15) is 5.56 Å². The van der Waals surface area contributed by atoms with E-state index in [4.69, 9.17) is 5.11 Å². The summed E-state index contributed by atoms with van der Waals surface area (Å²) in [6.07, 6.45) is -0.289. The third kappa shape index (κ3) is 2.43. The van der Waals surface area contributed by atoms with Gasteiger partial charge in [-0.1, -0.05) is 12.1 Å². The summed E-state index contributed by atoms with van der Waals surface area (Å²) in [5, 5.41) is 8.92. The number of hydrogen-bond acceptors (Lipinski definition) is 2. The minimum absolute atomic E-state index is 0.240. The summed E-state index contributed by atoms with van der Waals surface area (Å²) in [5.41, 5.74) is 0.746. The number of carbonyl (C=O) groups is 1. The molecule has 12 heavy (non-hydrogen) atoms. The van der Waals surface area contributed by atoms with Crippen molar-refractivity contribution >= 4 is 6.29 Å². The van der Waals surface area contributed by atoms with Crippen LogP contribution < -0.4 is 0 Å². The highest BCUT2D eigenvalue weighted by molar-refractivity contribution is 5.56. The number of aliphatic hydroxyl groups excluding tert-OH is 1. The van der Waals surface area contributed by atoms with Crippen LogP contribution in [0.5, 0.6) is 0 Å². The Morgan fingerprint density at radius 3 is 2.50 bits per heavy atom. The van der Waals surface area contributed by atoms with Gasteiger partial charge in [-0.25, -0.2) is 4.39 Å². The van der Waals surface area contributed by atoms with E-state index in [9.17, 15) is 9.18 Å². The maximum absolute atomic E-state index is 12.4. The molecule has 1 rings (SSSR count). The number of aldehydes is 1. The van der Waals surface area contributed by atoms with Crippen LogP contribution in [-0.2, 0) is 11.2 Å². The molecule has 0 radical (unpaired) electrons. The molecule has 1 N–H and O–H groups in total. The molecule has 1 atom stereocenters.